The fourth-order valence-corrected chi connectivity index (χ4v) is 3.87. The van der Waals surface area contributed by atoms with Crippen LogP contribution in [0.5, 0.6) is 0 Å². The molecule has 2 aromatic rings. The predicted octanol–water partition coefficient (Wildman–Crippen LogP) is 0.170. The summed E-state index contributed by atoms with van der Waals surface area (Å²) >= 11 is 0. The van der Waals surface area contributed by atoms with E-state index in [1.807, 2.05) is 4.57 Å². The molecule has 0 radical (unpaired) electrons. The number of imidazole rings is 1. The van der Waals surface area contributed by atoms with Gasteiger partial charge in [0.15, 0.2) is 17.0 Å². The number of carbonyl (C=O) groups excluding carboxylic acids is 1. The van der Waals surface area contributed by atoms with Crippen LogP contribution in [0.3, 0.4) is 0 Å². The Labute approximate surface area is 139 Å². The summed E-state index contributed by atoms with van der Waals surface area (Å²) in [4.78, 5) is 27.5. The lowest BCUT2D eigenvalue weighted by Gasteiger charge is -2.40. The minimum atomic E-state index is -0.470. The number of nitrogens with zero attached hydrogens (tertiary/aromatic N) is 5. The van der Waals surface area contributed by atoms with Crippen LogP contribution in [0.25, 0.3) is 11.2 Å². The van der Waals surface area contributed by atoms with Crippen molar-refractivity contribution in [2.24, 2.45) is 11.8 Å². The van der Waals surface area contributed by atoms with Crippen molar-refractivity contribution < 1.29 is 9.90 Å². The van der Waals surface area contributed by atoms with Gasteiger partial charge in [0.25, 0.3) is 0 Å². The number of anilines is 1. The van der Waals surface area contributed by atoms with Crippen molar-refractivity contribution in [2.75, 3.05) is 24.5 Å². The van der Waals surface area contributed by atoms with E-state index >= 15 is 0 Å². The SMILES string of the molecule is C[C@@H](O)Cn1cnc2c(N3CC[C@@H]4CCNC(=O)[C@@H]4C3)ncnc21. The molecule has 24 heavy (non-hydrogen) atoms. The average Bonchev–Trinajstić information content (AvgIpc) is 2.97. The number of aliphatic hydroxyl groups is 1. The number of rotatable bonds is 3. The lowest BCUT2D eigenvalue weighted by atomic mass is 9.80. The summed E-state index contributed by atoms with van der Waals surface area (Å²) in [5, 5.41) is 12.6. The first-order valence-electron chi connectivity index (χ1n) is 8.50. The van der Waals surface area contributed by atoms with Crippen molar-refractivity contribution in [2.45, 2.75) is 32.4 Å². The van der Waals surface area contributed by atoms with E-state index in [-0.39, 0.29) is 11.8 Å². The molecule has 2 aliphatic heterocycles. The Balaban J connectivity index is 1.64. The van der Waals surface area contributed by atoms with E-state index in [2.05, 4.69) is 25.2 Å². The van der Waals surface area contributed by atoms with Gasteiger partial charge in [0.05, 0.1) is 24.9 Å². The highest BCUT2D eigenvalue weighted by Crippen LogP contribution is 2.32. The number of nitrogens with one attached hydrogen (secondary N) is 1. The average molecular weight is 330 g/mol. The number of fused-ring (bicyclic) bond motifs is 2. The van der Waals surface area contributed by atoms with Crippen LogP contribution >= 0.6 is 0 Å². The van der Waals surface area contributed by atoms with E-state index in [1.54, 1.807) is 13.3 Å². The topological polar surface area (TPSA) is 96.2 Å². The number of carbonyl (C=O) groups is 1. The molecule has 0 aromatic carbocycles. The van der Waals surface area contributed by atoms with E-state index < -0.39 is 6.10 Å². The predicted molar refractivity (Wildman–Crippen MR) is 88.4 cm³/mol. The number of hydrogen-bond acceptors (Lipinski definition) is 6. The first-order valence-corrected chi connectivity index (χ1v) is 8.50. The molecule has 2 fully saturated rings. The number of hydrogen-bond donors (Lipinski definition) is 2. The molecule has 2 aliphatic rings. The Bertz CT molecular complexity index is 758. The molecule has 4 rings (SSSR count). The normalized spacial score (nSPS) is 25.4. The molecule has 8 heteroatoms. The summed E-state index contributed by atoms with van der Waals surface area (Å²) in [5.74, 6) is 1.43. The highest BCUT2D eigenvalue weighted by atomic mass is 16.3. The quantitative estimate of drug-likeness (QED) is 0.833. The fraction of sp³-hybridized carbons (Fsp3) is 0.625. The second kappa shape index (κ2) is 6.01. The molecular formula is C16H22N6O2. The lowest BCUT2D eigenvalue weighted by Crippen LogP contribution is -2.52. The first kappa shape index (κ1) is 15.3. The largest absolute Gasteiger partial charge is 0.392 e. The Morgan fingerprint density at radius 2 is 2.25 bits per heavy atom. The molecule has 128 valence electrons. The van der Waals surface area contributed by atoms with Crippen LogP contribution in [0.1, 0.15) is 19.8 Å². The maximum Gasteiger partial charge on any atom is 0.225 e. The van der Waals surface area contributed by atoms with Crippen LogP contribution in [0.2, 0.25) is 0 Å². The van der Waals surface area contributed by atoms with Gasteiger partial charge in [-0.05, 0) is 25.7 Å². The van der Waals surface area contributed by atoms with Crippen molar-refractivity contribution in [3.8, 4) is 0 Å². The third-order valence-corrected chi connectivity index (χ3v) is 5.05. The van der Waals surface area contributed by atoms with Crippen LogP contribution in [-0.2, 0) is 11.3 Å². The summed E-state index contributed by atoms with van der Waals surface area (Å²) in [6.07, 6.45) is 4.81. The Morgan fingerprint density at radius 1 is 1.38 bits per heavy atom. The second-order valence-electron chi connectivity index (χ2n) is 6.80. The number of piperidine rings is 2. The zero-order valence-corrected chi connectivity index (χ0v) is 13.7. The molecule has 8 nitrogen and oxygen atoms in total. The fourth-order valence-electron chi connectivity index (χ4n) is 3.87. The van der Waals surface area contributed by atoms with E-state index in [4.69, 9.17) is 0 Å². The lowest BCUT2D eigenvalue weighted by molar-refractivity contribution is -0.129. The van der Waals surface area contributed by atoms with Crippen LogP contribution in [0, 0.1) is 11.8 Å². The minimum absolute atomic E-state index is 0.0251. The molecule has 0 saturated carbocycles. The summed E-state index contributed by atoms with van der Waals surface area (Å²) in [6, 6.07) is 0. The second-order valence-corrected chi connectivity index (χ2v) is 6.80. The van der Waals surface area contributed by atoms with Gasteiger partial charge in [-0.2, -0.15) is 0 Å². The highest BCUT2D eigenvalue weighted by Gasteiger charge is 2.37. The van der Waals surface area contributed by atoms with Gasteiger partial charge in [-0.15, -0.1) is 0 Å². The zero-order valence-electron chi connectivity index (χ0n) is 13.7. The van der Waals surface area contributed by atoms with E-state index in [9.17, 15) is 9.90 Å². The van der Waals surface area contributed by atoms with Gasteiger partial charge >= 0.3 is 0 Å². The van der Waals surface area contributed by atoms with Gasteiger partial charge in [0.1, 0.15) is 6.33 Å². The third kappa shape index (κ3) is 2.60. The smallest absolute Gasteiger partial charge is 0.225 e. The Morgan fingerprint density at radius 3 is 3.08 bits per heavy atom. The van der Waals surface area contributed by atoms with Crippen LogP contribution in [0.4, 0.5) is 5.82 Å². The van der Waals surface area contributed by atoms with Crippen molar-refractivity contribution in [3.63, 3.8) is 0 Å². The van der Waals surface area contributed by atoms with Gasteiger partial charge in [-0.1, -0.05) is 0 Å². The molecular weight excluding hydrogens is 308 g/mol. The Hall–Kier alpha value is -2.22. The Kier molecular flexibility index (Phi) is 3.84. The summed E-state index contributed by atoms with van der Waals surface area (Å²) < 4.78 is 1.84. The molecule has 2 N–H and O–H groups in total. The molecule has 2 saturated heterocycles. The summed E-state index contributed by atoms with van der Waals surface area (Å²) in [7, 11) is 0. The summed E-state index contributed by atoms with van der Waals surface area (Å²) in [6.45, 7) is 4.53. The third-order valence-electron chi connectivity index (χ3n) is 5.05. The molecule has 3 atom stereocenters. The molecule has 2 aromatic heterocycles. The van der Waals surface area contributed by atoms with Crippen LogP contribution in [0.15, 0.2) is 12.7 Å². The van der Waals surface area contributed by atoms with E-state index in [1.165, 1.54) is 6.33 Å². The molecule has 0 bridgehead atoms. The highest BCUT2D eigenvalue weighted by molar-refractivity contribution is 5.85. The van der Waals surface area contributed by atoms with Gasteiger partial charge in [0.2, 0.25) is 5.91 Å². The molecule has 4 heterocycles. The van der Waals surface area contributed by atoms with Crippen molar-refractivity contribution in [3.05, 3.63) is 12.7 Å². The van der Waals surface area contributed by atoms with E-state index in [0.717, 1.165) is 42.9 Å². The monoisotopic (exact) mass is 330 g/mol. The number of aliphatic hydroxyl groups excluding tert-OH is 1. The van der Waals surface area contributed by atoms with Crippen molar-refractivity contribution in [1.29, 1.82) is 0 Å². The van der Waals surface area contributed by atoms with Gasteiger partial charge < -0.3 is 19.9 Å². The molecule has 0 spiro atoms. The van der Waals surface area contributed by atoms with Crippen LogP contribution in [-0.4, -0.2) is 56.3 Å². The zero-order chi connectivity index (χ0) is 16.7. The van der Waals surface area contributed by atoms with Gasteiger partial charge in [-0.3, -0.25) is 4.79 Å². The van der Waals surface area contributed by atoms with Crippen LogP contribution < -0.4 is 10.2 Å². The molecule has 1 amide bonds. The number of aromatic nitrogens is 4. The van der Waals surface area contributed by atoms with Gasteiger partial charge in [0, 0.05) is 19.6 Å². The maximum absolute atomic E-state index is 12.2. The summed E-state index contributed by atoms with van der Waals surface area (Å²) in [5.41, 5.74) is 1.45. The molecule has 0 aliphatic carbocycles. The van der Waals surface area contributed by atoms with Crippen molar-refractivity contribution >= 4 is 22.9 Å². The van der Waals surface area contributed by atoms with E-state index in [0.29, 0.717) is 19.0 Å². The van der Waals surface area contributed by atoms with Crippen molar-refractivity contribution in [1.82, 2.24) is 24.8 Å². The maximum atomic E-state index is 12.2. The standard InChI is InChI=1S/C16H22N6O2/c1-10(23)6-22-9-20-13-14(18-8-19-15(13)22)21-5-3-11-2-4-17-16(24)12(11)7-21/h8-12,23H,2-7H2,1H3,(H,17,24)/t10-,11+,12-/m1/s1. The number of amides is 1. The minimum Gasteiger partial charge on any atom is -0.392 e. The first-order chi connectivity index (χ1) is 11.6. The van der Waals surface area contributed by atoms with Gasteiger partial charge in [-0.25, -0.2) is 15.0 Å². The molecule has 0 unspecified atom stereocenters.